The summed E-state index contributed by atoms with van der Waals surface area (Å²) in [6.45, 7) is 0. The zero-order valence-electron chi connectivity index (χ0n) is 13.0. The Morgan fingerprint density at radius 2 is 2.12 bits per heavy atom. The molecule has 0 bridgehead atoms. The van der Waals surface area contributed by atoms with E-state index < -0.39 is 0 Å². The van der Waals surface area contributed by atoms with E-state index >= 15 is 0 Å². The van der Waals surface area contributed by atoms with E-state index in [9.17, 15) is 5.11 Å². The molecule has 0 saturated heterocycles. The lowest BCUT2D eigenvalue weighted by Gasteiger charge is -2.28. The van der Waals surface area contributed by atoms with Crippen LogP contribution >= 0.6 is 0 Å². The Kier molecular flexibility index (Phi) is 3.34. The number of nitrogens with two attached hydrogens (primary N) is 1. The summed E-state index contributed by atoms with van der Waals surface area (Å²) in [5.41, 5.74) is 8.20. The number of hydrogen-bond acceptors (Lipinski definition) is 6. The topological polar surface area (TPSA) is 124 Å². The van der Waals surface area contributed by atoms with Crippen molar-refractivity contribution in [1.82, 2.24) is 15.0 Å². The number of benzene rings is 1. The van der Waals surface area contributed by atoms with Crippen LogP contribution in [-0.2, 0) is 0 Å². The number of nitrogens with zero attached hydrogens (tertiary/aromatic N) is 2. The molecule has 1 saturated carbocycles. The Morgan fingerprint density at radius 1 is 1.29 bits per heavy atom. The van der Waals surface area contributed by atoms with Gasteiger partial charge in [-0.25, -0.2) is 9.97 Å². The molecule has 122 valence electrons. The highest BCUT2D eigenvalue weighted by atomic mass is 16.3. The van der Waals surface area contributed by atoms with E-state index in [1.165, 1.54) is 12.7 Å². The first-order valence-corrected chi connectivity index (χ1v) is 7.90. The maximum Gasteiger partial charge on any atom is 0.141 e. The maximum absolute atomic E-state index is 9.60. The zero-order valence-corrected chi connectivity index (χ0v) is 13.0. The van der Waals surface area contributed by atoms with Crippen LogP contribution in [0.3, 0.4) is 0 Å². The van der Waals surface area contributed by atoms with Gasteiger partial charge in [-0.15, -0.1) is 0 Å². The molecule has 1 aliphatic rings. The second-order valence-electron chi connectivity index (χ2n) is 6.08. The van der Waals surface area contributed by atoms with Gasteiger partial charge in [0.1, 0.15) is 23.7 Å². The third kappa shape index (κ3) is 2.44. The molecule has 0 unspecified atom stereocenters. The monoisotopic (exact) mass is 322 g/mol. The molecule has 0 spiro atoms. The minimum atomic E-state index is 0.189. The third-order valence-corrected chi connectivity index (χ3v) is 4.45. The van der Waals surface area contributed by atoms with Crippen molar-refractivity contribution in [2.45, 2.75) is 25.3 Å². The number of aromatic nitrogens is 3. The van der Waals surface area contributed by atoms with Crippen LogP contribution in [0.1, 0.15) is 30.5 Å². The number of phenols is 1. The Morgan fingerprint density at radius 3 is 2.88 bits per heavy atom. The Balaban J connectivity index is 1.74. The SMILES string of the molecule is N=C(c1cc2cc(O)ccc2[nH]1)c1c(N)ncnc1NC1CCC1. The summed E-state index contributed by atoms with van der Waals surface area (Å²) in [5.74, 6) is 1.06. The van der Waals surface area contributed by atoms with Gasteiger partial charge in [-0.2, -0.15) is 0 Å². The van der Waals surface area contributed by atoms with E-state index in [0.717, 1.165) is 23.7 Å². The molecule has 7 heteroatoms. The summed E-state index contributed by atoms with van der Waals surface area (Å²) in [6, 6.07) is 7.23. The van der Waals surface area contributed by atoms with Crippen molar-refractivity contribution in [3.05, 3.63) is 41.9 Å². The summed E-state index contributed by atoms with van der Waals surface area (Å²) < 4.78 is 0. The van der Waals surface area contributed by atoms with Crippen molar-refractivity contribution in [1.29, 1.82) is 5.41 Å². The van der Waals surface area contributed by atoms with Crippen molar-refractivity contribution >= 4 is 28.3 Å². The van der Waals surface area contributed by atoms with Crippen molar-refractivity contribution in [3.63, 3.8) is 0 Å². The van der Waals surface area contributed by atoms with Gasteiger partial charge in [-0.1, -0.05) is 0 Å². The molecule has 0 aliphatic heterocycles. The highest BCUT2D eigenvalue weighted by Gasteiger charge is 2.23. The van der Waals surface area contributed by atoms with Crippen LogP contribution in [0.2, 0.25) is 0 Å². The number of phenolic OH excluding ortho intramolecular Hbond substituents is 1. The van der Waals surface area contributed by atoms with E-state index in [2.05, 4.69) is 20.3 Å². The van der Waals surface area contributed by atoms with Gasteiger partial charge in [0.15, 0.2) is 0 Å². The maximum atomic E-state index is 9.60. The number of hydrogen-bond donors (Lipinski definition) is 5. The van der Waals surface area contributed by atoms with Crippen LogP contribution in [0.5, 0.6) is 5.75 Å². The summed E-state index contributed by atoms with van der Waals surface area (Å²) >= 11 is 0. The molecule has 7 nitrogen and oxygen atoms in total. The average molecular weight is 322 g/mol. The Bertz CT molecular complexity index is 928. The van der Waals surface area contributed by atoms with Gasteiger partial charge in [0.05, 0.1) is 17.0 Å². The van der Waals surface area contributed by atoms with Gasteiger partial charge in [-0.3, -0.25) is 5.41 Å². The fraction of sp³-hybridized carbons (Fsp3) is 0.235. The quantitative estimate of drug-likeness (QED) is 0.472. The summed E-state index contributed by atoms with van der Waals surface area (Å²) in [5, 5.41) is 22.4. The number of H-pyrrole nitrogens is 1. The second kappa shape index (κ2) is 5.52. The van der Waals surface area contributed by atoms with Crippen LogP contribution in [0, 0.1) is 5.41 Å². The molecule has 4 rings (SSSR count). The summed E-state index contributed by atoms with van der Waals surface area (Å²) in [4.78, 5) is 11.5. The van der Waals surface area contributed by atoms with E-state index in [4.69, 9.17) is 11.1 Å². The first-order chi connectivity index (χ1) is 11.6. The first kappa shape index (κ1) is 14.5. The van der Waals surface area contributed by atoms with Crippen LogP contribution in [-0.4, -0.2) is 31.8 Å². The van der Waals surface area contributed by atoms with Gasteiger partial charge in [0.25, 0.3) is 0 Å². The van der Waals surface area contributed by atoms with Crippen LogP contribution in [0.4, 0.5) is 11.6 Å². The zero-order chi connectivity index (χ0) is 16.7. The van der Waals surface area contributed by atoms with Crippen LogP contribution < -0.4 is 11.1 Å². The smallest absolute Gasteiger partial charge is 0.141 e. The molecular weight excluding hydrogens is 304 g/mol. The number of nitrogens with one attached hydrogen (secondary N) is 3. The number of nitrogen functional groups attached to an aromatic ring is 1. The molecule has 0 amide bonds. The molecule has 2 aromatic heterocycles. The predicted molar refractivity (Wildman–Crippen MR) is 93.6 cm³/mol. The summed E-state index contributed by atoms with van der Waals surface area (Å²) in [7, 11) is 0. The molecule has 6 N–H and O–H groups in total. The lowest BCUT2D eigenvalue weighted by Crippen LogP contribution is -2.29. The van der Waals surface area contributed by atoms with Gasteiger partial charge >= 0.3 is 0 Å². The van der Waals surface area contributed by atoms with Gasteiger partial charge < -0.3 is 21.1 Å². The molecular formula is C17H18N6O. The lowest BCUT2D eigenvalue weighted by atomic mass is 9.93. The molecule has 1 aliphatic carbocycles. The second-order valence-corrected chi connectivity index (χ2v) is 6.08. The average Bonchev–Trinajstić information content (AvgIpc) is 2.93. The molecule has 0 radical (unpaired) electrons. The minimum absolute atomic E-state index is 0.189. The van der Waals surface area contributed by atoms with Crippen molar-refractivity contribution in [2.24, 2.45) is 0 Å². The standard InChI is InChI=1S/C17H18N6O/c18-15(13-7-9-6-11(24)4-5-12(9)23-13)14-16(19)20-8-21-17(14)22-10-2-1-3-10/h4-8,10,18,23-24H,1-3H2,(H3,19,20,21,22). The largest absolute Gasteiger partial charge is 0.508 e. The molecule has 0 atom stereocenters. The summed E-state index contributed by atoms with van der Waals surface area (Å²) in [6.07, 6.45) is 4.82. The molecule has 3 aromatic rings. The Hall–Kier alpha value is -3.09. The minimum Gasteiger partial charge on any atom is -0.508 e. The molecule has 1 aromatic carbocycles. The van der Waals surface area contributed by atoms with Crippen LogP contribution in [0.25, 0.3) is 10.9 Å². The van der Waals surface area contributed by atoms with E-state index in [1.54, 1.807) is 18.2 Å². The predicted octanol–water partition coefficient (Wildman–Crippen LogP) is 2.63. The van der Waals surface area contributed by atoms with Crippen molar-refractivity contribution in [2.75, 3.05) is 11.1 Å². The van der Waals surface area contributed by atoms with Gasteiger partial charge in [0, 0.05) is 16.9 Å². The van der Waals surface area contributed by atoms with E-state index in [0.29, 0.717) is 23.1 Å². The van der Waals surface area contributed by atoms with E-state index in [-0.39, 0.29) is 17.3 Å². The van der Waals surface area contributed by atoms with Gasteiger partial charge in [-0.05, 0) is 43.5 Å². The highest BCUT2D eigenvalue weighted by molar-refractivity contribution is 6.16. The number of rotatable bonds is 4. The molecule has 24 heavy (non-hydrogen) atoms. The normalized spacial score (nSPS) is 14.5. The number of aromatic hydroxyl groups is 1. The number of fused-ring (bicyclic) bond motifs is 1. The fourth-order valence-electron chi connectivity index (χ4n) is 2.89. The van der Waals surface area contributed by atoms with Crippen molar-refractivity contribution in [3.8, 4) is 5.75 Å². The lowest BCUT2D eigenvalue weighted by molar-refractivity contribution is 0.444. The van der Waals surface area contributed by atoms with Crippen LogP contribution in [0.15, 0.2) is 30.6 Å². The fourth-order valence-corrected chi connectivity index (χ4v) is 2.89. The third-order valence-electron chi connectivity index (χ3n) is 4.45. The Labute approximate surface area is 138 Å². The molecule has 2 heterocycles. The molecule has 1 fully saturated rings. The number of aromatic amines is 1. The van der Waals surface area contributed by atoms with E-state index in [1.807, 2.05) is 6.07 Å². The first-order valence-electron chi connectivity index (χ1n) is 7.90. The highest BCUT2D eigenvalue weighted by Crippen LogP contribution is 2.28. The number of anilines is 2. The van der Waals surface area contributed by atoms with Gasteiger partial charge in [0.2, 0.25) is 0 Å². The van der Waals surface area contributed by atoms with Crippen molar-refractivity contribution < 1.29 is 5.11 Å².